The van der Waals surface area contributed by atoms with E-state index in [0.717, 1.165) is 48.0 Å². The maximum atomic E-state index is 6.10. The number of hydrogen-bond acceptors (Lipinski definition) is 4. The minimum atomic E-state index is 0.636. The number of nitrogens with zero attached hydrogens (tertiary/aromatic N) is 1. The van der Waals surface area contributed by atoms with Gasteiger partial charge >= 0.3 is 0 Å². The molecule has 0 fully saturated rings. The monoisotopic (exact) mass is 389 g/mol. The van der Waals surface area contributed by atoms with Gasteiger partial charge < -0.3 is 14.2 Å². The average molecular weight is 389 g/mol. The Morgan fingerprint density at radius 3 is 2.52 bits per heavy atom. The first-order valence-electron chi connectivity index (χ1n) is 9.92. The second kappa shape index (κ2) is 8.58. The van der Waals surface area contributed by atoms with Crippen molar-refractivity contribution in [3.63, 3.8) is 0 Å². The van der Waals surface area contributed by atoms with Crippen molar-refractivity contribution in [1.82, 2.24) is 4.90 Å². The lowest BCUT2D eigenvalue weighted by atomic mass is 10.0. The van der Waals surface area contributed by atoms with Crippen LogP contribution in [-0.2, 0) is 13.1 Å². The highest BCUT2D eigenvalue weighted by Gasteiger charge is 2.21. The van der Waals surface area contributed by atoms with E-state index in [1.165, 1.54) is 16.7 Å². The zero-order valence-electron chi connectivity index (χ0n) is 17.3. The van der Waals surface area contributed by atoms with E-state index in [1.54, 1.807) is 14.2 Å². The predicted octanol–water partition coefficient (Wildman–Crippen LogP) is 5.07. The van der Waals surface area contributed by atoms with E-state index >= 15 is 0 Å². The van der Waals surface area contributed by atoms with Gasteiger partial charge in [0.25, 0.3) is 0 Å². The topological polar surface area (TPSA) is 30.9 Å². The molecule has 0 saturated heterocycles. The fraction of sp³-hybridized carbons (Fsp3) is 0.280. The van der Waals surface area contributed by atoms with Gasteiger partial charge in [-0.1, -0.05) is 42.0 Å². The Labute approximate surface area is 172 Å². The minimum Gasteiger partial charge on any atom is -0.497 e. The lowest BCUT2D eigenvalue weighted by Crippen LogP contribution is -2.25. The molecular formula is C25H27NO3. The van der Waals surface area contributed by atoms with Crippen LogP contribution in [0.2, 0.25) is 0 Å². The van der Waals surface area contributed by atoms with Gasteiger partial charge in [-0.05, 0) is 47.9 Å². The molecule has 3 aromatic rings. The molecule has 0 amide bonds. The Morgan fingerprint density at radius 1 is 0.931 bits per heavy atom. The summed E-state index contributed by atoms with van der Waals surface area (Å²) in [5, 5.41) is 0. The lowest BCUT2D eigenvalue weighted by Gasteiger charge is -2.20. The molecule has 4 heteroatoms. The van der Waals surface area contributed by atoms with Crippen LogP contribution < -0.4 is 14.2 Å². The van der Waals surface area contributed by atoms with Crippen LogP contribution in [0, 0.1) is 6.92 Å². The van der Waals surface area contributed by atoms with E-state index < -0.39 is 0 Å². The van der Waals surface area contributed by atoms with Crippen molar-refractivity contribution < 1.29 is 14.2 Å². The third-order valence-corrected chi connectivity index (χ3v) is 5.32. The van der Waals surface area contributed by atoms with Crippen molar-refractivity contribution in [2.75, 3.05) is 27.4 Å². The van der Waals surface area contributed by atoms with Gasteiger partial charge in [-0.2, -0.15) is 0 Å². The second-order valence-corrected chi connectivity index (χ2v) is 7.44. The quantitative estimate of drug-likeness (QED) is 0.609. The highest BCUT2D eigenvalue weighted by atomic mass is 16.5. The lowest BCUT2D eigenvalue weighted by molar-refractivity contribution is 0.216. The average Bonchev–Trinajstić information content (AvgIpc) is 2.95. The van der Waals surface area contributed by atoms with Gasteiger partial charge in [-0.25, -0.2) is 0 Å². The van der Waals surface area contributed by atoms with E-state index in [1.807, 2.05) is 12.1 Å². The number of fused-ring (bicyclic) bond motifs is 1. The molecule has 150 valence electrons. The number of aryl methyl sites for hydroxylation is 1. The Kier molecular flexibility index (Phi) is 5.72. The summed E-state index contributed by atoms with van der Waals surface area (Å²) in [5.74, 6) is 2.54. The fourth-order valence-corrected chi connectivity index (χ4v) is 3.77. The van der Waals surface area contributed by atoms with Crippen molar-refractivity contribution in [1.29, 1.82) is 0 Å². The van der Waals surface area contributed by atoms with Crippen molar-refractivity contribution in [3.8, 4) is 28.4 Å². The molecule has 0 N–H and O–H groups in total. The van der Waals surface area contributed by atoms with Gasteiger partial charge in [0.2, 0.25) is 0 Å². The van der Waals surface area contributed by atoms with E-state index in [2.05, 4.69) is 60.4 Å². The summed E-state index contributed by atoms with van der Waals surface area (Å²) in [5.41, 5.74) is 5.96. The molecule has 0 aromatic heterocycles. The molecule has 3 aromatic carbocycles. The van der Waals surface area contributed by atoms with Gasteiger partial charge in [0.15, 0.2) is 11.5 Å². The molecule has 1 aliphatic heterocycles. The van der Waals surface area contributed by atoms with Gasteiger partial charge in [0.05, 0.1) is 14.2 Å². The summed E-state index contributed by atoms with van der Waals surface area (Å²) in [6, 6.07) is 21.1. The van der Waals surface area contributed by atoms with E-state index in [-0.39, 0.29) is 0 Å². The summed E-state index contributed by atoms with van der Waals surface area (Å²) < 4.78 is 17.1. The summed E-state index contributed by atoms with van der Waals surface area (Å²) in [7, 11) is 3.41. The summed E-state index contributed by atoms with van der Waals surface area (Å²) in [4.78, 5) is 2.40. The molecule has 29 heavy (non-hydrogen) atoms. The van der Waals surface area contributed by atoms with Crippen molar-refractivity contribution in [3.05, 3.63) is 77.4 Å². The predicted molar refractivity (Wildman–Crippen MR) is 116 cm³/mol. The Bertz CT molecular complexity index is 982. The highest BCUT2D eigenvalue weighted by Crippen LogP contribution is 2.38. The Balaban J connectivity index is 1.64. The molecule has 0 spiro atoms. The molecule has 0 bridgehead atoms. The van der Waals surface area contributed by atoms with Crippen LogP contribution in [0.1, 0.15) is 16.7 Å². The molecule has 1 heterocycles. The summed E-state index contributed by atoms with van der Waals surface area (Å²) >= 11 is 0. The smallest absolute Gasteiger partial charge is 0.165 e. The van der Waals surface area contributed by atoms with Crippen LogP contribution in [0.4, 0.5) is 0 Å². The van der Waals surface area contributed by atoms with Crippen LogP contribution in [0.15, 0.2) is 60.7 Å². The molecule has 0 saturated carbocycles. The Hall–Kier alpha value is -2.98. The number of benzene rings is 3. The Morgan fingerprint density at radius 2 is 1.76 bits per heavy atom. The maximum absolute atomic E-state index is 6.10. The van der Waals surface area contributed by atoms with Gasteiger partial charge in [-0.15, -0.1) is 0 Å². The molecule has 0 unspecified atom stereocenters. The first kappa shape index (κ1) is 19.3. The van der Waals surface area contributed by atoms with Crippen LogP contribution in [0.3, 0.4) is 0 Å². The van der Waals surface area contributed by atoms with Crippen LogP contribution in [0.25, 0.3) is 11.1 Å². The molecule has 0 atom stereocenters. The largest absolute Gasteiger partial charge is 0.497 e. The number of rotatable bonds is 5. The zero-order valence-corrected chi connectivity index (χ0v) is 17.3. The van der Waals surface area contributed by atoms with Crippen LogP contribution >= 0.6 is 0 Å². The van der Waals surface area contributed by atoms with Gasteiger partial charge in [0.1, 0.15) is 12.4 Å². The third kappa shape index (κ3) is 4.38. The minimum absolute atomic E-state index is 0.636. The van der Waals surface area contributed by atoms with Gasteiger partial charge in [0, 0.05) is 25.2 Å². The van der Waals surface area contributed by atoms with E-state index in [4.69, 9.17) is 14.2 Å². The number of ether oxygens (including phenoxy) is 3. The first-order valence-corrected chi connectivity index (χ1v) is 9.92. The summed E-state index contributed by atoms with van der Waals surface area (Å²) in [6.07, 6.45) is 0. The van der Waals surface area contributed by atoms with Gasteiger partial charge in [-0.3, -0.25) is 4.90 Å². The molecule has 4 nitrogen and oxygen atoms in total. The highest BCUT2D eigenvalue weighted by molar-refractivity contribution is 5.69. The molecule has 0 aliphatic carbocycles. The van der Waals surface area contributed by atoms with E-state index in [0.29, 0.717) is 6.61 Å². The van der Waals surface area contributed by atoms with Crippen LogP contribution in [-0.4, -0.2) is 32.3 Å². The van der Waals surface area contributed by atoms with Crippen molar-refractivity contribution in [2.24, 2.45) is 0 Å². The number of methoxy groups -OCH3 is 2. The SMILES string of the molecule is COc1cccc(CN2CCOc3c(cc(-c4ccc(C)cc4)cc3OC)C2)c1. The standard InChI is InChI=1S/C25H27NO3/c1-18-7-9-20(10-8-18)21-14-22-17-26(11-12-29-25(22)24(15-21)28-3)16-19-5-4-6-23(13-19)27-2/h4-10,13-15H,11-12,16-17H2,1-3H3. The molecule has 0 radical (unpaired) electrons. The third-order valence-electron chi connectivity index (χ3n) is 5.32. The molecule has 4 rings (SSSR count). The molecule has 1 aliphatic rings. The fourth-order valence-electron chi connectivity index (χ4n) is 3.77. The number of hydrogen-bond donors (Lipinski definition) is 0. The maximum Gasteiger partial charge on any atom is 0.165 e. The van der Waals surface area contributed by atoms with E-state index in [9.17, 15) is 0 Å². The van der Waals surface area contributed by atoms with Crippen molar-refractivity contribution >= 4 is 0 Å². The summed E-state index contributed by atoms with van der Waals surface area (Å²) in [6.45, 7) is 5.25. The van der Waals surface area contributed by atoms with Crippen molar-refractivity contribution in [2.45, 2.75) is 20.0 Å². The zero-order chi connectivity index (χ0) is 20.2. The second-order valence-electron chi connectivity index (χ2n) is 7.44. The molecular weight excluding hydrogens is 362 g/mol. The first-order chi connectivity index (χ1) is 14.2. The van der Waals surface area contributed by atoms with Crippen LogP contribution in [0.5, 0.6) is 17.2 Å². The normalized spacial score (nSPS) is 13.9.